The van der Waals surface area contributed by atoms with Crippen molar-refractivity contribution in [2.24, 2.45) is 5.73 Å². The Labute approximate surface area is 117 Å². The number of rotatable bonds is 4. The lowest BCUT2D eigenvalue weighted by atomic mass is 10.1. The smallest absolute Gasteiger partial charge is 0.123 e. The molecule has 0 atom stereocenters. The third-order valence-electron chi connectivity index (χ3n) is 2.74. The van der Waals surface area contributed by atoms with Crippen LogP contribution in [0.5, 0.6) is 0 Å². The van der Waals surface area contributed by atoms with Gasteiger partial charge in [-0.3, -0.25) is 0 Å². The van der Waals surface area contributed by atoms with Crippen LogP contribution >= 0.6 is 22.9 Å². The van der Waals surface area contributed by atoms with Crippen LogP contribution in [0.1, 0.15) is 30.3 Å². The molecule has 0 saturated carbocycles. The van der Waals surface area contributed by atoms with Crippen LogP contribution in [0, 0.1) is 0 Å². The Bertz CT molecular complexity index is 517. The normalized spacial score (nSPS) is 11.2. The monoisotopic (exact) mass is 280 g/mol. The highest BCUT2D eigenvalue weighted by molar-refractivity contribution is 7.15. The van der Waals surface area contributed by atoms with Gasteiger partial charge in [-0.15, -0.1) is 11.3 Å². The second-order valence-electron chi connectivity index (χ2n) is 4.53. The molecule has 0 amide bonds. The zero-order valence-corrected chi connectivity index (χ0v) is 12.2. The molecule has 2 rings (SSSR count). The number of aromatic nitrogens is 1. The molecule has 96 valence electrons. The van der Waals surface area contributed by atoms with Crippen molar-refractivity contribution < 1.29 is 0 Å². The molecular formula is C14H17ClN2S. The van der Waals surface area contributed by atoms with Crippen molar-refractivity contribution in [1.29, 1.82) is 0 Å². The molecule has 0 aliphatic heterocycles. The van der Waals surface area contributed by atoms with E-state index in [0.717, 1.165) is 22.0 Å². The molecule has 0 saturated heterocycles. The van der Waals surface area contributed by atoms with Crippen LogP contribution in [0.3, 0.4) is 0 Å². The second kappa shape index (κ2) is 5.83. The van der Waals surface area contributed by atoms with Crippen molar-refractivity contribution in [3.05, 3.63) is 39.9 Å². The number of thiazole rings is 1. The fraction of sp³-hybridized carbons (Fsp3) is 0.357. The number of nitrogens with two attached hydrogens (primary N) is 1. The molecule has 1 aromatic heterocycles. The molecule has 2 nitrogen and oxygen atoms in total. The predicted octanol–water partition coefficient (Wildman–Crippen LogP) is 4.09. The molecule has 0 spiro atoms. The van der Waals surface area contributed by atoms with Crippen LogP contribution in [0.25, 0.3) is 10.6 Å². The minimum atomic E-state index is 0.434. The van der Waals surface area contributed by atoms with Gasteiger partial charge in [0.05, 0.1) is 5.69 Å². The molecule has 2 aromatic rings. The Hall–Kier alpha value is -0.900. The fourth-order valence-corrected chi connectivity index (χ4v) is 3.20. The van der Waals surface area contributed by atoms with Crippen LogP contribution in [0.4, 0.5) is 0 Å². The molecule has 4 heteroatoms. The summed E-state index contributed by atoms with van der Waals surface area (Å²) < 4.78 is 0. The Morgan fingerprint density at radius 2 is 1.94 bits per heavy atom. The van der Waals surface area contributed by atoms with E-state index in [2.05, 4.69) is 13.8 Å². The van der Waals surface area contributed by atoms with Gasteiger partial charge in [-0.1, -0.05) is 37.6 Å². The summed E-state index contributed by atoms with van der Waals surface area (Å²) in [4.78, 5) is 6.05. The van der Waals surface area contributed by atoms with Crippen LogP contribution in [0.2, 0.25) is 5.02 Å². The predicted molar refractivity (Wildman–Crippen MR) is 79.4 cm³/mol. The molecule has 0 unspecified atom stereocenters. The Morgan fingerprint density at radius 1 is 1.28 bits per heavy atom. The quantitative estimate of drug-likeness (QED) is 0.916. The van der Waals surface area contributed by atoms with Gasteiger partial charge >= 0.3 is 0 Å². The maximum absolute atomic E-state index is 5.90. The Morgan fingerprint density at radius 3 is 2.50 bits per heavy atom. The third-order valence-corrected chi connectivity index (χ3v) is 4.17. The number of benzene rings is 1. The fourth-order valence-electron chi connectivity index (χ4n) is 1.84. The van der Waals surface area contributed by atoms with Crippen LogP contribution in [0.15, 0.2) is 24.3 Å². The van der Waals surface area contributed by atoms with Gasteiger partial charge in [-0.2, -0.15) is 0 Å². The first-order valence-electron chi connectivity index (χ1n) is 6.07. The highest BCUT2D eigenvalue weighted by atomic mass is 35.5. The lowest BCUT2D eigenvalue weighted by Crippen LogP contribution is -2.04. The summed E-state index contributed by atoms with van der Waals surface area (Å²) in [6, 6.07) is 7.82. The van der Waals surface area contributed by atoms with Gasteiger partial charge in [0.1, 0.15) is 5.01 Å². The highest BCUT2D eigenvalue weighted by Crippen LogP contribution is 2.32. The molecule has 0 aliphatic rings. The first-order chi connectivity index (χ1) is 8.61. The maximum Gasteiger partial charge on any atom is 0.123 e. The number of nitrogens with zero attached hydrogens (tertiary/aromatic N) is 1. The molecule has 0 fully saturated rings. The Kier molecular flexibility index (Phi) is 4.38. The Balaban J connectivity index is 2.39. The van der Waals surface area contributed by atoms with Gasteiger partial charge in [-0.25, -0.2) is 4.98 Å². The van der Waals surface area contributed by atoms with Crippen molar-refractivity contribution in [2.45, 2.75) is 26.2 Å². The summed E-state index contributed by atoms with van der Waals surface area (Å²) in [5.74, 6) is 0.434. The average molecular weight is 281 g/mol. The topological polar surface area (TPSA) is 38.9 Å². The molecule has 0 radical (unpaired) electrons. The first kappa shape index (κ1) is 13.5. The van der Waals surface area contributed by atoms with Crippen molar-refractivity contribution in [3.63, 3.8) is 0 Å². The third kappa shape index (κ3) is 2.91. The number of halogens is 1. The van der Waals surface area contributed by atoms with E-state index in [1.165, 1.54) is 10.6 Å². The largest absolute Gasteiger partial charge is 0.330 e. The van der Waals surface area contributed by atoms with E-state index in [9.17, 15) is 0 Å². The highest BCUT2D eigenvalue weighted by Gasteiger charge is 2.14. The number of hydrogen-bond acceptors (Lipinski definition) is 3. The molecule has 1 aromatic carbocycles. The SMILES string of the molecule is CC(C)c1nc(-c2ccc(Cl)cc2)sc1CCN. The summed E-state index contributed by atoms with van der Waals surface area (Å²) >= 11 is 7.64. The van der Waals surface area contributed by atoms with Crippen molar-refractivity contribution in [3.8, 4) is 10.6 Å². The van der Waals surface area contributed by atoms with E-state index in [4.69, 9.17) is 22.3 Å². The summed E-state index contributed by atoms with van der Waals surface area (Å²) in [5, 5.41) is 1.81. The molecule has 0 aliphatic carbocycles. The molecule has 18 heavy (non-hydrogen) atoms. The van der Waals surface area contributed by atoms with E-state index >= 15 is 0 Å². The van der Waals surface area contributed by atoms with E-state index in [-0.39, 0.29) is 0 Å². The molecule has 0 bridgehead atoms. The summed E-state index contributed by atoms with van der Waals surface area (Å²) in [7, 11) is 0. The van der Waals surface area contributed by atoms with Crippen LogP contribution in [-0.4, -0.2) is 11.5 Å². The summed E-state index contributed by atoms with van der Waals surface area (Å²) in [5.41, 5.74) is 7.96. The van der Waals surface area contributed by atoms with E-state index < -0.39 is 0 Å². The lowest BCUT2D eigenvalue weighted by Gasteiger charge is -2.02. The van der Waals surface area contributed by atoms with Crippen molar-refractivity contribution >= 4 is 22.9 Å². The zero-order valence-electron chi connectivity index (χ0n) is 10.6. The lowest BCUT2D eigenvalue weighted by molar-refractivity contribution is 0.809. The van der Waals surface area contributed by atoms with Gasteiger partial charge in [0.15, 0.2) is 0 Å². The van der Waals surface area contributed by atoms with Gasteiger partial charge in [0, 0.05) is 15.5 Å². The average Bonchev–Trinajstić information content (AvgIpc) is 2.75. The van der Waals surface area contributed by atoms with E-state index in [1.54, 1.807) is 11.3 Å². The summed E-state index contributed by atoms with van der Waals surface area (Å²) in [6.45, 7) is 5.00. The first-order valence-corrected chi connectivity index (χ1v) is 7.27. The van der Waals surface area contributed by atoms with Crippen molar-refractivity contribution in [2.75, 3.05) is 6.54 Å². The number of hydrogen-bond donors (Lipinski definition) is 1. The van der Waals surface area contributed by atoms with E-state index in [0.29, 0.717) is 12.5 Å². The minimum absolute atomic E-state index is 0.434. The van der Waals surface area contributed by atoms with Gasteiger partial charge < -0.3 is 5.73 Å². The van der Waals surface area contributed by atoms with Crippen LogP contribution < -0.4 is 5.73 Å². The molecular weight excluding hydrogens is 264 g/mol. The van der Waals surface area contributed by atoms with Gasteiger partial charge in [-0.05, 0) is 31.0 Å². The van der Waals surface area contributed by atoms with Gasteiger partial charge in [0.2, 0.25) is 0 Å². The van der Waals surface area contributed by atoms with Crippen molar-refractivity contribution in [1.82, 2.24) is 4.98 Å². The minimum Gasteiger partial charge on any atom is -0.330 e. The summed E-state index contributed by atoms with van der Waals surface area (Å²) in [6.07, 6.45) is 0.902. The zero-order chi connectivity index (χ0) is 13.1. The standard InChI is InChI=1S/C14H17ClN2S/c1-9(2)13-12(7-8-16)18-14(17-13)10-3-5-11(15)6-4-10/h3-6,9H,7-8,16H2,1-2H3. The van der Waals surface area contributed by atoms with Crippen LogP contribution in [-0.2, 0) is 6.42 Å². The van der Waals surface area contributed by atoms with Gasteiger partial charge in [0.25, 0.3) is 0 Å². The second-order valence-corrected chi connectivity index (χ2v) is 6.05. The molecule has 2 N–H and O–H groups in total. The molecule has 1 heterocycles. The maximum atomic E-state index is 5.90. The van der Waals surface area contributed by atoms with E-state index in [1.807, 2.05) is 24.3 Å².